The van der Waals surface area contributed by atoms with Crippen LogP contribution in [0.5, 0.6) is 5.75 Å². The number of benzene rings is 3. The second-order valence-corrected chi connectivity index (χ2v) is 11.6. The molecule has 1 aliphatic heterocycles. The second kappa shape index (κ2) is 13.6. The highest BCUT2D eigenvalue weighted by Crippen LogP contribution is 2.49. The predicted octanol–water partition coefficient (Wildman–Crippen LogP) is 7.38. The van der Waals surface area contributed by atoms with Gasteiger partial charge in [0.25, 0.3) is 0 Å². The maximum atomic E-state index is 13.5. The lowest BCUT2D eigenvalue weighted by atomic mass is 9.65. The minimum atomic E-state index is -0.974. The molecule has 1 saturated carbocycles. The van der Waals surface area contributed by atoms with E-state index in [2.05, 4.69) is 59.2 Å². The summed E-state index contributed by atoms with van der Waals surface area (Å²) in [6.07, 6.45) is 7.83. The van der Waals surface area contributed by atoms with Crippen molar-refractivity contribution in [3.8, 4) is 5.75 Å². The summed E-state index contributed by atoms with van der Waals surface area (Å²) in [5, 5.41) is 13.0. The quantitative estimate of drug-likeness (QED) is 0.256. The SMILES string of the molecule is CCCCOc1ccc(C(O)(C2CCCCC2)C(CN2CCN(c3ccc(F)cc3)CC2)c2ccccc2)cc1. The number of rotatable bonds is 11. The molecule has 214 valence electrons. The maximum Gasteiger partial charge on any atom is 0.123 e. The molecule has 0 radical (unpaired) electrons. The van der Waals surface area contributed by atoms with E-state index in [1.807, 2.05) is 24.3 Å². The summed E-state index contributed by atoms with van der Waals surface area (Å²) < 4.78 is 19.4. The van der Waals surface area contributed by atoms with Crippen molar-refractivity contribution in [2.24, 2.45) is 5.92 Å². The fourth-order valence-electron chi connectivity index (χ4n) is 6.70. The number of piperazine rings is 1. The van der Waals surface area contributed by atoms with Gasteiger partial charge in [0.15, 0.2) is 0 Å². The van der Waals surface area contributed by atoms with Crippen molar-refractivity contribution < 1.29 is 14.2 Å². The molecule has 2 atom stereocenters. The largest absolute Gasteiger partial charge is 0.494 e. The summed E-state index contributed by atoms with van der Waals surface area (Å²) in [6, 6.07) is 25.8. The molecule has 0 aromatic heterocycles. The van der Waals surface area contributed by atoms with Crippen molar-refractivity contribution in [3.63, 3.8) is 0 Å². The van der Waals surface area contributed by atoms with E-state index in [0.29, 0.717) is 0 Å². The first-order valence-corrected chi connectivity index (χ1v) is 15.3. The second-order valence-electron chi connectivity index (χ2n) is 11.6. The lowest BCUT2D eigenvalue weighted by Gasteiger charge is -2.47. The smallest absolute Gasteiger partial charge is 0.123 e. The summed E-state index contributed by atoms with van der Waals surface area (Å²) in [6.45, 7) is 7.28. The van der Waals surface area contributed by atoms with E-state index in [1.165, 1.54) is 37.0 Å². The van der Waals surface area contributed by atoms with Crippen LogP contribution >= 0.6 is 0 Å². The minimum absolute atomic E-state index is 0.0546. The fraction of sp³-hybridized carbons (Fsp3) is 0.486. The van der Waals surface area contributed by atoms with Gasteiger partial charge < -0.3 is 14.7 Å². The van der Waals surface area contributed by atoms with Crippen molar-refractivity contribution in [1.82, 2.24) is 4.90 Å². The van der Waals surface area contributed by atoms with Gasteiger partial charge in [-0.1, -0.05) is 75.1 Å². The van der Waals surface area contributed by atoms with Gasteiger partial charge in [-0.2, -0.15) is 0 Å². The third-order valence-electron chi connectivity index (χ3n) is 9.05. The first kappa shape index (κ1) is 28.6. The Morgan fingerprint density at radius 1 is 0.875 bits per heavy atom. The van der Waals surface area contributed by atoms with E-state index < -0.39 is 5.60 Å². The lowest BCUT2D eigenvalue weighted by Crippen LogP contribution is -2.51. The molecule has 0 spiro atoms. The number of hydrogen-bond donors (Lipinski definition) is 1. The number of ether oxygens (including phenoxy) is 1. The Hall–Kier alpha value is -2.89. The molecule has 1 N–H and O–H groups in total. The average Bonchev–Trinajstić information content (AvgIpc) is 3.01. The average molecular weight is 545 g/mol. The number of aliphatic hydroxyl groups is 1. The standard InChI is InChI=1S/C35H45FN2O2/c1-2-3-26-40-33-20-14-30(15-21-33)35(39,29-12-8-5-9-13-29)34(28-10-6-4-7-11-28)27-37-22-24-38(25-23-37)32-18-16-31(36)17-19-32/h4,6-7,10-11,14-21,29,34,39H,2-3,5,8-9,12-13,22-27H2,1H3. The van der Waals surface area contributed by atoms with E-state index in [0.717, 1.165) is 82.0 Å². The van der Waals surface area contributed by atoms with Crippen LogP contribution in [0.2, 0.25) is 0 Å². The van der Waals surface area contributed by atoms with E-state index in [-0.39, 0.29) is 17.7 Å². The molecule has 1 heterocycles. The number of nitrogens with zero attached hydrogens (tertiary/aromatic N) is 2. The van der Waals surface area contributed by atoms with Gasteiger partial charge in [-0.15, -0.1) is 0 Å². The van der Waals surface area contributed by atoms with E-state index >= 15 is 0 Å². The molecule has 5 rings (SSSR count). The van der Waals surface area contributed by atoms with Crippen LogP contribution in [0.4, 0.5) is 10.1 Å². The summed E-state index contributed by atoms with van der Waals surface area (Å²) in [7, 11) is 0. The Labute approximate surface area is 239 Å². The minimum Gasteiger partial charge on any atom is -0.494 e. The normalized spacial score (nSPS) is 19.2. The lowest BCUT2D eigenvalue weighted by molar-refractivity contribution is -0.0704. The molecule has 40 heavy (non-hydrogen) atoms. The van der Waals surface area contributed by atoms with Crippen molar-refractivity contribution in [2.75, 3.05) is 44.2 Å². The first-order valence-electron chi connectivity index (χ1n) is 15.3. The summed E-state index contributed by atoms with van der Waals surface area (Å²) in [5.74, 6) is 0.826. The van der Waals surface area contributed by atoms with Gasteiger partial charge in [0.2, 0.25) is 0 Å². The van der Waals surface area contributed by atoms with Crippen LogP contribution < -0.4 is 9.64 Å². The van der Waals surface area contributed by atoms with E-state index in [1.54, 1.807) is 0 Å². The van der Waals surface area contributed by atoms with Gasteiger partial charge in [-0.05, 0) is 72.7 Å². The van der Waals surface area contributed by atoms with Gasteiger partial charge in [0, 0.05) is 44.3 Å². The maximum absolute atomic E-state index is 13.5. The number of halogens is 1. The van der Waals surface area contributed by atoms with Gasteiger partial charge in [0.1, 0.15) is 17.2 Å². The van der Waals surface area contributed by atoms with Crippen molar-refractivity contribution in [2.45, 2.75) is 63.4 Å². The van der Waals surface area contributed by atoms with Crippen LogP contribution in [0.25, 0.3) is 0 Å². The van der Waals surface area contributed by atoms with Crippen LogP contribution in [-0.4, -0.2) is 49.3 Å². The molecule has 2 aliphatic rings. The van der Waals surface area contributed by atoms with E-state index in [9.17, 15) is 9.50 Å². The fourth-order valence-corrected chi connectivity index (χ4v) is 6.70. The third-order valence-corrected chi connectivity index (χ3v) is 9.05. The zero-order valence-electron chi connectivity index (χ0n) is 24.0. The summed E-state index contributed by atoms with van der Waals surface area (Å²) in [5.41, 5.74) is 2.29. The van der Waals surface area contributed by atoms with Crippen molar-refractivity contribution >= 4 is 5.69 Å². The molecular formula is C35H45FN2O2. The Bertz CT molecular complexity index is 1160. The van der Waals surface area contributed by atoms with Gasteiger partial charge >= 0.3 is 0 Å². The molecular weight excluding hydrogens is 499 g/mol. The number of unbranched alkanes of at least 4 members (excludes halogenated alkanes) is 1. The highest BCUT2D eigenvalue weighted by Gasteiger charge is 2.46. The third kappa shape index (κ3) is 6.70. The Morgan fingerprint density at radius 2 is 1.55 bits per heavy atom. The molecule has 3 aromatic rings. The summed E-state index contributed by atoms with van der Waals surface area (Å²) >= 11 is 0. The van der Waals surface area contributed by atoms with Crippen LogP contribution in [0.1, 0.15) is 68.9 Å². The molecule has 4 nitrogen and oxygen atoms in total. The van der Waals surface area contributed by atoms with E-state index in [4.69, 9.17) is 4.74 Å². The van der Waals surface area contributed by atoms with Crippen LogP contribution in [0, 0.1) is 11.7 Å². The highest BCUT2D eigenvalue weighted by atomic mass is 19.1. The molecule has 1 aliphatic carbocycles. The molecule has 3 aromatic carbocycles. The van der Waals surface area contributed by atoms with Crippen LogP contribution in [-0.2, 0) is 5.60 Å². The molecule has 0 bridgehead atoms. The van der Waals surface area contributed by atoms with Gasteiger partial charge in [0.05, 0.1) is 6.61 Å². The zero-order valence-corrected chi connectivity index (χ0v) is 24.0. The number of hydrogen-bond acceptors (Lipinski definition) is 4. The first-order chi connectivity index (χ1) is 19.6. The Morgan fingerprint density at radius 3 is 2.20 bits per heavy atom. The molecule has 2 unspecified atom stereocenters. The molecule has 2 fully saturated rings. The van der Waals surface area contributed by atoms with Crippen LogP contribution in [0.15, 0.2) is 78.9 Å². The molecule has 1 saturated heterocycles. The van der Waals surface area contributed by atoms with Gasteiger partial charge in [-0.25, -0.2) is 4.39 Å². The highest BCUT2D eigenvalue weighted by molar-refractivity contribution is 5.46. The summed E-state index contributed by atoms with van der Waals surface area (Å²) in [4.78, 5) is 4.84. The molecule has 0 amide bonds. The van der Waals surface area contributed by atoms with Crippen molar-refractivity contribution in [3.05, 3.63) is 95.8 Å². The predicted molar refractivity (Wildman–Crippen MR) is 162 cm³/mol. The number of anilines is 1. The monoisotopic (exact) mass is 544 g/mol. The zero-order chi connectivity index (χ0) is 27.8. The van der Waals surface area contributed by atoms with Crippen LogP contribution in [0.3, 0.4) is 0 Å². The topological polar surface area (TPSA) is 35.9 Å². The molecule has 5 heteroatoms. The Kier molecular flexibility index (Phi) is 9.77. The Balaban J connectivity index is 1.41. The van der Waals surface area contributed by atoms with Crippen molar-refractivity contribution in [1.29, 1.82) is 0 Å². The van der Waals surface area contributed by atoms with Gasteiger partial charge in [-0.3, -0.25) is 4.90 Å².